The number of thiazole rings is 1. The highest BCUT2D eigenvalue weighted by molar-refractivity contribution is 7.13. The van der Waals surface area contributed by atoms with Gasteiger partial charge in [0.1, 0.15) is 12.2 Å². The van der Waals surface area contributed by atoms with Gasteiger partial charge in [0.2, 0.25) is 0 Å². The molecule has 9 nitrogen and oxygen atoms in total. The topological polar surface area (TPSA) is 116 Å². The number of benzene rings is 1. The zero-order valence-electron chi connectivity index (χ0n) is 13.2. The number of nitro groups is 1. The first-order chi connectivity index (χ1) is 12.5. The van der Waals surface area contributed by atoms with Crippen LogP contribution in [0.25, 0.3) is 0 Å². The van der Waals surface area contributed by atoms with E-state index in [1.165, 1.54) is 60.1 Å². The first kappa shape index (κ1) is 17.3. The first-order valence-electron chi connectivity index (χ1n) is 7.34. The predicted octanol–water partition coefficient (Wildman–Crippen LogP) is 2.09. The number of rotatable bonds is 6. The van der Waals surface area contributed by atoms with Gasteiger partial charge in [-0.3, -0.25) is 25.0 Å². The number of anilines is 1. The lowest BCUT2D eigenvalue weighted by Crippen LogP contribution is -2.32. The lowest BCUT2D eigenvalue weighted by Gasteiger charge is -2.09. The summed E-state index contributed by atoms with van der Waals surface area (Å²) in [7, 11) is 0. The minimum absolute atomic E-state index is 0.00938. The Morgan fingerprint density at radius 3 is 2.73 bits per heavy atom. The van der Waals surface area contributed by atoms with Crippen LogP contribution in [0.5, 0.6) is 0 Å². The third-order valence-corrected chi connectivity index (χ3v) is 4.02. The fraction of sp³-hybridized carbons (Fsp3) is 0.0625. The second kappa shape index (κ2) is 7.57. The van der Waals surface area contributed by atoms with Gasteiger partial charge >= 0.3 is 0 Å². The van der Waals surface area contributed by atoms with E-state index < -0.39 is 16.4 Å². The third kappa shape index (κ3) is 3.92. The van der Waals surface area contributed by atoms with E-state index in [-0.39, 0.29) is 17.9 Å². The Kier molecular flexibility index (Phi) is 5.04. The summed E-state index contributed by atoms with van der Waals surface area (Å²) in [5, 5.41) is 15.3. The van der Waals surface area contributed by atoms with Crippen molar-refractivity contribution in [1.82, 2.24) is 9.71 Å². The molecule has 0 spiro atoms. The second-order valence-electron chi connectivity index (χ2n) is 5.04. The smallest absolute Gasteiger partial charge is 0.295 e. The van der Waals surface area contributed by atoms with Crippen molar-refractivity contribution in [2.75, 3.05) is 5.32 Å². The number of pyridine rings is 1. The molecule has 3 aromatic rings. The number of hydrogen-bond acceptors (Lipinski definition) is 7. The molecule has 0 radical (unpaired) electrons. The maximum Gasteiger partial charge on any atom is 0.295 e. The summed E-state index contributed by atoms with van der Waals surface area (Å²) in [5.41, 5.74) is -0.109. The molecule has 2 heterocycles. The molecule has 2 aromatic heterocycles. The van der Waals surface area contributed by atoms with Crippen LogP contribution < -0.4 is 15.7 Å². The summed E-state index contributed by atoms with van der Waals surface area (Å²) >= 11 is 1.24. The average molecular weight is 372 g/mol. The summed E-state index contributed by atoms with van der Waals surface area (Å²) < 4.78 is 0.943. The molecule has 1 aromatic carbocycles. The number of nitrogens with one attached hydrogen (secondary N) is 1. The number of non-ortho nitro benzene ring substituents is 1. The normalized spacial score (nSPS) is 10.3. The zero-order valence-corrected chi connectivity index (χ0v) is 14.0. The van der Waals surface area contributed by atoms with E-state index in [2.05, 4.69) is 10.3 Å². The highest BCUT2D eigenvalue weighted by Gasteiger charge is 2.14. The van der Waals surface area contributed by atoms with Crippen LogP contribution in [0.4, 0.5) is 10.8 Å². The Morgan fingerprint density at radius 2 is 2.08 bits per heavy atom. The van der Waals surface area contributed by atoms with Crippen LogP contribution >= 0.6 is 11.3 Å². The van der Waals surface area contributed by atoms with Gasteiger partial charge in [-0.25, -0.2) is 4.98 Å². The fourth-order valence-corrected chi connectivity index (χ4v) is 2.58. The zero-order chi connectivity index (χ0) is 18.5. The Bertz CT molecular complexity index is 983. The van der Waals surface area contributed by atoms with Crippen LogP contribution in [0.15, 0.2) is 59.0 Å². The Hall–Kier alpha value is -3.53. The maximum atomic E-state index is 12.4. The summed E-state index contributed by atoms with van der Waals surface area (Å²) in [5.74, 6) is -0.585. The van der Waals surface area contributed by atoms with Gasteiger partial charge in [0.15, 0.2) is 5.13 Å². The number of carbonyl (C=O) groups excluding carboxylic acids is 1. The SMILES string of the molecule is O=C(Nc1nccs1)c1cccn(OCc2ccc([N+](=O)[O-])cc2)c1=O. The van der Waals surface area contributed by atoms with Crippen molar-refractivity contribution < 1.29 is 14.6 Å². The van der Waals surface area contributed by atoms with Gasteiger partial charge in [-0.05, 0) is 29.8 Å². The van der Waals surface area contributed by atoms with Crippen molar-refractivity contribution in [2.24, 2.45) is 0 Å². The predicted molar refractivity (Wildman–Crippen MR) is 94.1 cm³/mol. The van der Waals surface area contributed by atoms with E-state index in [9.17, 15) is 19.7 Å². The van der Waals surface area contributed by atoms with Crippen molar-refractivity contribution in [3.63, 3.8) is 0 Å². The van der Waals surface area contributed by atoms with Crippen molar-refractivity contribution in [3.05, 3.63) is 85.8 Å². The number of amides is 1. The minimum Gasteiger partial charge on any atom is -0.406 e. The van der Waals surface area contributed by atoms with E-state index in [1.807, 2.05) is 0 Å². The first-order valence-corrected chi connectivity index (χ1v) is 8.21. The summed E-state index contributed by atoms with van der Waals surface area (Å²) in [6, 6.07) is 8.65. The van der Waals surface area contributed by atoms with Gasteiger partial charge in [-0.1, -0.05) is 0 Å². The van der Waals surface area contributed by atoms with Crippen molar-refractivity contribution >= 4 is 28.1 Å². The van der Waals surface area contributed by atoms with Crippen LogP contribution in [0, 0.1) is 10.1 Å². The monoisotopic (exact) mass is 372 g/mol. The largest absolute Gasteiger partial charge is 0.406 e. The highest BCUT2D eigenvalue weighted by Crippen LogP contribution is 2.12. The molecule has 0 atom stereocenters. The molecule has 26 heavy (non-hydrogen) atoms. The van der Waals surface area contributed by atoms with Crippen molar-refractivity contribution in [3.8, 4) is 0 Å². The van der Waals surface area contributed by atoms with E-state index in [1.54, 1.807) is 5.38 Å². The number of nitrogens with zero attached hydrogens (tertiary/aromatic N) is 3. The third-order valence-electron chi connectivity index (χ3n) is 3.33. The molecular weight excluding hydrogens is 360 g/mol. The molecule has 0 aliphatic carbocycles. The molecule has 0 aliphatic heterocycles. The quantitative estimate of drug-likeness (QED) is 0.523. The van der Waals surface area contributed by atoms with E-state index >= 15 is 0 Å². The van der Waals surface area contributed by atoms with Crippen molar-refractivity contribution in [2.45, 2.75) is 6.61 Å². The van der Waals surface area contributed by atoms with Crippen LogP contribution in [0.2, 0.25) is 0 Å². The molecule has 0 bridgehead atoms. The number of carbonyl (C=O) groups is 1. The van der Waals surface area contributed by atoms with Gasteiger partial charge in [-0.15, -0.1) is 11.3 Å². The van der Waals surface area contributed by atoms with Gasteiger partial charge < -0.3 is 4.84 Å². The summed E-state index contributed by atoms with van der Waals surface area (Å²) in [6.45, 7) is 0.00938. The standard InChI is InChI=1S/C16H12N4O5S/c21-14(18-16-17-7-9-26-16)13-2-1-8-19(15(13)22)25-10-11-3-5-12(6-4-11)20(23)24/h1-9H,10H2,(H,17,18,21). The molecule has 1 amide bonds. The van der Waals surface area contributed by atoms with Gasteiger partial charge in [-0.2, -0.15) is 4.73 Å². The van der Waals surface area contributed by atoms with E-state index in [4.69, 9.17) is 4.84 Å². The molecule has 3 rings (SSSR count). The fourth-order valence-electron chi connectivity index (χ4n) is 2.06. The van der Waals surface area contributed by atoms with E-state index in [0.29, 0.717) is 10.7 Å². The molecule has 1 N–H and O–H groups in total. The highest BCUT2D eigenvalue weighted by atomic mass is 32.1. The maximum absolute atomic E-state index is 12.4. The molecule has 0 unspecified atom stereocenters. The molecule has 0 saturated heterocycles. The minimum atomic E-state index is -0.622. The lowest BCUT2D eigenvalue weighted by atomic mass is 10.2. The van der Waals surface area contributed by atoms with Gasteiger partial charge in [0.05, 0.1) is 4.92 Å². The number of nitro benzene ring substituents is 1. The Labute approximate surface area is 150 Å². The molecule has 0 aliphatic rings. The van der Waals surface area contributed by atoms with E-state index in [0.717, 1.165) is 4.73 Å². The molecule has 0 saturated carbocycles. The van der Waals surface area contributed by atoms with Crippen molar-refractivity contribution in [1.29, 1.82) is 0 Å². The molecular formula is C16H12N4O5S. The summed E-state index contributed by atoms with van der Waals surface area (Å²) in [6.07, 6.45) is 2.92. The van der Waals surface area contributed by atoms with Gasteiger partial charge in [0.25, 0.3) is 17.2 Å². The second-order valence-corrected chi connectivity index (χ2v) is 5.94. The van der Waals surface area contributed by atoms with Crippen LogP contribution in [0.3, 0.4) is 0 Å². The van der Waals surface area contributed by atoms with Gasteiger partial charge in [0, 0.05) is 29.9 Å². The summed E-state index contributed by atoms with van der Waals surface area (Å²) in [4.78, 5) is 44.0. The molecule has 132 valence electrons. The average Bonchev–Trinajstić information content (AvgIpc) is 3.14. The molecule has 0 fully saturated rings. The number of hydrogen-bond donors (Lipinski definition) is 1. The Morgan fingerprint density at radius 1 is 1.31 bits per heavy atom. The van der Waals surface area contributed by atoms with Crippen LogP contribution in [-0.2, 0) is 6.61 Å². The van der Waals surface area contributed by atoms with Crippen LogP contribution in [0.1, 0.15) is 15.9 Å². The Balaban J connectivity index is 1.71. The van der Waals surface area contributed by atoms with Crippen LogP contribution in [-0.4, -0.2) is 20.5 Å². The number of aromatic nitrogens is 2. The molecule has 10 heteroatoms. The lowest BCUT2D eigenvalue weighted by molar-refractivity contribution is -0.384.